The molecular formula is C21H24N6O2S2. The van der Waals surface area contributed by atoms with Gasteiger partial charge in [0.1, 0.15) is 10.6 Å². The average molecular weight is 457 g/mol. The molecule has 1 aromatic carbocycles. The molecule has 0 spiro atoms. The van der Waals surface area contributed by atoms with Crippen LogP contribution in [0.15, 0.2) is 77.0 Å². The number of nitrogens with one attached hydrogen (secondary N) is 2. The lowest BCUT2D eigenvalue weighted by atomic mass is 10.1. The monoisotopic (exact) mass is 456 g/mol. The van der Waals surface area contributed by atoms with Crippen LogP contribution in [0, 0.1) is 0 Å². The van der Waals surface area contributed by atoms with Gasteiger partial charge < -0.3 is 22.1 Å². The van der Waals surface area contributed by atoms with Gasteiger partial charge in [-0.1, -0.05) is 18.7 Å². The molecule has 1 aliphatic rings. The van der Waals surface area contributed by atoms with Crippen molar-refractivity contribution in [2.45, 2.75) is 22.5 Å². The third kappa shape index (κ3) is 4.75. The number of pyridine rings is 1. The van der Waals surface area contributed by atoms with Crippen molar-refractivity contribution in [3.05, 3.63) is 72.7 Å². The number of hydrogen-bond donors (Lipinski definition) is 4. The smallest absolute Gasteiger partial charge is 0.189 e. The van der Waals surface area contributed by atoms with Gasteiger partial charge in [0.2, 0.25) is 0 Å². The zero-order chi connectivity index (χ0) is 22.6. The van der Waals surface area contributed by atoms with E-state index in [0.717, 1.165) is 11.3 Å². The summed E-state index contributed by atoms with van der Waals surface area (Å²) < 4.78 is 24.9. The van der Waals surface area contributed by atoms with Gasteiger partial charge >= 0.3 is 0 Å². The lowest BCUT2D eigenvalue weighted by molar-refractivity contribution is 0.584. The summed E-state index contributed by atoms with van der Waals surface area (Å²) in [6.45, 7) is 3.93. The molecular weight excluding hydrogens is 432 g/mol. The summed E-state index contributed by atoms with van der Waals surface area (Å²) >= 11 is 5.07. The highest BCUT2D eigenvalue weighted by Gasteiger charge is 2.57. The molecule has 1 fully saturated rings. The van der Waals surface area contributed by atoms with Crippen LogP contribution in [-0.4, -0.2) is 36.1 Å². The summed E-state index contributed by atoms with van der Waals surface area (Å²) in [6, 6.07) is 10.2. The summed E-state index contributed by atoms with van der Waals surface area (Å²) in [5.41, 5.74) is 14.4. The summed E-state index contributed by atoms with van der Waals surface area (Å²) in [5.74, 6) is 0.0808. The Morgan fingerprint density at radius 1 is 1.19 bits per heavy atom. The minimum Gasteiger partial charge on any atom is -0.401 e. The molecule has 0 aliphatic heterocycles. The summed E-state index contributed by atoms with van der Waals surface area (Å²) in [5, 5.41) is 6.36. The van der Waals surface area contributed by atoms with Crippen molar-refractivity contribution >= 4 is 44.4 Å². The molecule has 3 rings (SSSR count). The van der Waals surface area contributed by atoms with E-state index in [2.05, 4.69) is 27.2 Å². The van der Waals surface area contributed by atoms with Gasteiger partial charge in [0.05, 0.1) is 10.6 Å². The fourth-order valence-electron chi connectivity index (χ4n) is 3.05. The van der Waals surface area contributed by atoms with Gasteiger partial charge in [0.15, 0.2) is 14.9 Å². The maximum Gasteiger partial charge on any atom is 0.189 e. The second-order valence-electron chi connectivity index (χ2n) is 7.05. The Hall–Kier alpha value is -3.24. The fourth-order valence-corrected chi connectivity index (χ4v) is 5.11. The number of aliphatic imine (C=N–C) groups is 1. The molecule has 10 heteroatoms. The van der Waals surface area contributed by atoms with E-state index in [4.69, 9.17) is 23.7 Å². The third-order valence-corrected chi connectivity index (χ3v) is 7.85. The van der Waals surface area contributed by atoms with Crippen LogP contribution < -0.4 is 22.1 Å². The van der Waals surface area contributed by atoms with Crippen molar-refractivity contribution in [2.24, 2.45) is 16.5 Å². The number of rotatable bonds is 7. The lowest BCUT2D eigenvalue weighted by Crippen LogP contribution is -2.31. The summed E-state index contributed by atoms with van der Waals surface area (Å²) in [4.78, 5) is 8.32. The maximum absolute atomic E-state index is 13.0. The van der Waals surface area contributed by atoms with Crippen LogP contribution in [0.5, 0.6) is 0 Å². The lowest BCUT2D eigenvalue weighted by Gasteiger charge is -2.17. The van der Waals surface area contributed by atoms with Crippen LogP contribution in [0.25, 0.3) is 5.70 Å². The van der Waals surface area contributed by atoms with Crippen LogP contribution in [0.3, 0.4) is 0 Å². The first-order valence-corrected chi connectivity index (χ1v) is 11.3. The minimum absolute atomic E-state index is 0.0808. The number of nitrogens with zero attached hydrogens (tertiary/aromatic N) is 2. The Kier molecular flexibility index (Phi) is 6.42. The first kappa shape index (κ1) is 22.4. The first-order chi connectivity index (χ1) is 14.7. The van der Waals surface area contributed by atoms with E-state index >= 15 is 0 Å². The molecule has 0 bridgehead atoms. The number of benzene rings is 1. The van der Waals surface area contributed by atoms with E-state index in [1.165, 1.54) is 30.6 Å². The number of sulfone groups is 1. The Morgan fingerprint density at radius 3 is 2.35 bits per heavy atom. The highest BCUT2D eigenvalue weighted by molar-refractivity contribution is 7.93. The molecule has 162 valence electrons. The Bertz CT molecular complexity index is 1150. The van der Waals surface area contributed by atoms with Crippen molar-refractivity contribution in [3.8, 4) is 0 Å². The van der Waals surface area contributed by atoms with Crippen molar-refractivity contribution in [1.82, 2.24) is 10.3 Å². The van der Waals surface area contributed by atoms with E-state index in [1.807, 2.05) is 24.3 Å². The zero-order valence-electron chi connectivity index (χ0n) is 17.0. The average Bonchev–Trinajstić information content (AvgIpc) is 3.57. The molecule has 1 aliphatic carbocycles. The highest BCUT2D eigenvalue weighted by atomic mass is 32.2. The van der Waals surface area contributed by atoms with Crippen LogP contribution >= 0.6 is 12.2 Å². The zero-order valence-corrected chi connectivity index (χ0v) is 18.6. The number of thiocarbonyl (C=S) groups is 1. The van der Waals surface area contributed by atoms with Gasteiger partial charge in [0, 0.05) is 36.9 Å². The fraction of sp³-hybridized carbons (Fsp3) is 0.190. The predicted octanol–water partition coefficient (Wildman–Crippen LogP) is 2.17. The minimum atomic E-state index is -3.66. The Balaban J connectivity index is 1.77. The normalized spacial score (nSPS) is 15.8. The van der Waals surface area contributed by atoms with E-state index < -0.39 is 14.6 Å². The molecule has 0 unspecified atom stereocenters. The standard InChI is InChI=1S/C21H24N6O2S2/c1-14(15-3-5-16(6-4-15)27-20(30)24-2)26-19(23)13-18(22)21(9-10-21)31(28,29)17-7-11-25-12-8-17/h3-8,11-13H,1,9-10,22H2,2H3,(H2,23,26)(H2,24,27,30)/b18-13-. The highest BCUT2D eigenvalue weighted by Crippen LogP contribution is 2.50. The topological polar surface area (TPSA) is 135 Å². The number of hydrogen-bond acceptors (Lipinski definition) is 6. The van der Waals surface area contributed by atoms with Gasteiger partial charge in [-0.2, -0.15) is 0 Å². The molecule has 1 heterocycles. The van der Waals surface area contributed by atoms with Crippen LogP contribution in [0.4, 0.5) is 5.69 Å². The number of nitrogens with two attached hydrogens (primary N) is 2. The van der Waals surface area contributed by atoms with Gasteiger partial charge in [-0.05, 0) is 54.9 Å². The predicted molar refractivity (Wildman–Crippen MR) is 128 cm³/mol. The van der Waals surface area contributed by atoms with E-state index in [0.29, 0.717) is 23.7 Å². The molecule has 0 radical (unpaired) electrons. The van der Waals surface area contributed by atoms with E-state index in [1.54, 1.807) is 7.05 Å². The molecule has 6 N–H and O–H groups in total. The Morgan fingerprint density at radius 2 is 1.81 bits per heavy atom. The molecule has 31 heavy (non-hydrogen) atoms. The largest absolute Gasteiger partial charge is 0.401 e. The maximum atomic E-state index is 13.0. The number of aromatic nitrogens is 1. The summed E-state index contributed by atoms with van der Waals surface area (Å²) in [6.07, 6.45) is 5.14. The SMILES string of the molecule is C=C(/N=C(N)\C=C(/N)C1(S(=O)(=O)c2ccncc2)CC1)c1ccc(NC(=S)NC)cc1. The molecule has 0 amide bonds. The van der Waals surface area contributed by atoms with Gasteiger partial charge in [-0.25, -0.2) is 13.4 Å². The molecule has 1 saturated carbocycles. The number of amidine groups is 1. The molecule has 1 aromatic heterocycles. The quantitative estimate of drug-likeness (QED) is 0.283. The van der Waals surface area contributed by atoms with Crippen molar-refractivity contribution in [3.63, 3.8) is 0 Å². The van der Waals surface area contributed by atoms with E-state index in [-0.39, 0.29) is 16.4 Å². The first-order valence-electron chi connectivity index (χ1n) is 9.44. The Labute approximate surface area is 187 Å². The second-order valence-corrected chi connectivity index (χ2v) is 9.71. The number of anilines is 1. The van der Waals surface area contributed by atoms with Crippen molar-refractivity contribution in [2.75, 3.05) is 12.4 Å². The molecule has 0 saturated heterocycles. The summed E-state index contributed by atoms with van der Waals surface area (Å²) in [7, 11) is -1.93. The molecule has 2 aromatic rings. The second kappa shape index (κ2) is 8.86. The van der Waals surface area contributed by atoms with Crippen LogP contribution in [0.2, 0.25) is 0 Å². The van der Waals surface area contributed by atoms with Crippen LogP contribution in [0.1, 0.15) is 18.4 Å². The van der Waals surface area contributed by atoms with Gasteiger partial charge in [0.25, 0.3) is 0 Å². The molecule has 8 nitrogen and oxygen atoms in total. The van der Waals surface area contributed by atoms with Gasteiger partial charge in [-0.15, -0.1) is 0 Å². The molecule has 0 atom stereocenters. The van der Waals surface area contributed by atoms with Crippen molar-refractivity contribution in [1.29, 1.82) is 0 Å². The van der Waals surface area contributed by atoms with Gasteiger partial charge in [-0.3, -0.25) is 4.98 Å². The van der Waals surface area contributed by atoms with Crippen LogP contribution in [-0.2, 0) is 9.84 Å². The third-order valence-electron chi connectivity index (χ3n) is 4.98. The van der Waals surface area contributed by atoms with Crippen molar-refractivity contribution < 1.29 is 8.42 Å². The van der Waals surface area contributed by atoms with E-state index in [9.17, 15) is 8.42 Å².